The van der Waals surface area contributed by atoms with Crippen LogP contribution in [-0.4, -0.2) is 31.3 Å². The van der Waals surface area contributed by atoms with Crippen molar-refractivity contribution in [3.63, 3.8) is 0 Å². The van der Waals surface area contributed by atoms with E-state index in [0.717, 1.165) is 38.5 Å². The van der Waals surface area contributed by atoms with Crippen molar-refractivity contribution < 1.29 is 38.0 Å². The molecule has 0 aromatic heterocycles. The molecule has 0 N–H and O–H groups in total. The van der Waals surface area contributed by atoms with E-state index < -0.39 is 12.3 Å². The predicted octanol–water partition coefficient (Wildman–Crippen LogP) is 9.03. The summed E-state index contributed by atoms with van der Waals surface area (Å²) in [5, 5.41) is 0. The van der Waals surface area contributed by atoms with Crippen LogP contribution in [0.5, 0.6) is 23.0 Å². The number of rotatable bonds is 6. The Morgan fingerprint density at radius 1 is 0.721 bits per heavy atom. The lowest BCUT2D eigenvalue weighted by atomic mass is 9.75. The summed E-state index contributed by atoms with van der Waals surface area (Å²) in [4.78, 5) is 26.4. The molecule has 2 saturated carbocycles. The maximum atomic E-state index is 13.2. The second-order valence-electron chi connectivity index (χ2n) is 13.3. The molecular formula is C35H46O8. The lowest BCUT2D eigenvalue weighted by molar-refractivity contribution is -0.0137. The normalized spacial score (nSPS) is 26.7. The van der Waals surface area contributed by atoms with Gasteiger partial charge in [0, 0.05) is 0 Å². The zero-order valence-corrected chi connectivity index (χ0v) is 26.3. The maximum absolute atomic E-state index is 13.2. The number of benzene rings is 2. The standard InChI is InChI=1S/C35H46O8/c1-20(2)24-15-14-23(6)30(18-24)42-34(36)40-28-11-7-9-26-32(28)33-27(39-19-38-26)10-8-12-29(33)41-35(37)43-31-17-22(5)13-16-25(31)21(3)4/h7-12,20-25,30-31H,13-19H2,1-6H3/t22-,23-,24-,25+,30+,31-/m1/s1. The van der Waals surface area contributed by atoms with Crippen molar-refractivity contribution >= 4 is 12.3 Å². The Morgan fingerprint density at radius 2 is 1.30 bits per heavy atom. The van der Waals surface area contributed by atoms with Gasteiger partial charge in [-0.15, -0.1) is 0 Å². The highest BCUT2D eigenvalue weighted by molar-refractivity contribution is 5.88. The van der Waals surface area contributed by atoms with E-state index in [4.69, 9.17) is 28.4 Å². The molecule has 1 aliphatic heterocycles. The van der Waals surface area contributed by atoms with E-state index in [2.05, 4.69) is 41.5 Å². The van der Waals surface area contributed by atoms with Crippen LogP contribution in [0.2, 0.25) is 0 Å². The first-order chi connectivity index (χ1) is 20.6. The van der Waals surface area contributed by atoms with E-state index in [-0.39, 0.29) is 42.3 Å². The van der Waals surface area contributed by atoms with Gasteiger partial charge in [0.15, 0.2) is 0 Å². The second kappa shape index (κ2) is 13.5. The minimum Gasteiger partial charge on any atom is -0.457 e. The molecule has 3 aliphatic rings. The highest BCUT2D eigenvalue weighted by Crippen LogP contribution is 2.49. The first-order valence-corrected chi connectivity index (χ1v) is 15.9. The number of carbonyl (C=O) groups is 2. The molecule has 1 heterocycles. The van der Waals surface area contributed by atoms with E-state index >= 15 is 0 Å². The van der Waals surface area contributed by atoms with E-state index in [1.165, 1.54) is 0 Å². The van der Waals surface area contributed by atoms with E-state index in [1.807, 2.05) is 0 Å². The van der Waals surface area contributed by atoms with E-state index in [0.29, 0.717) is 46.3 Å². The summed E-state index contributed by atoms with van der Waals surface area (Å²) in [6.45, 7) is 13.0. The smallest absolute Gasteiger partial charge is 0.457 e. The lowest BCUT2D eigenvalue weighted by Crippen LogP contribution is -2.36. The predicted molar refractivity (Wildman–Crippen MR) is 162 cm³/mol. The largest absolute Gasteiger partial charge is 0.514 e. The first kappa shape index (κ1) is 31.0. The Labute approximate surface area is 255 Å². The molecule has 0 saturated heterocycles. The van der Waals surface area contributed by atoms with Crippen LogP contribution in [0.15, 0.2) is 36.4 Å². The molecule has 2 aromatic rings. The van der Waals surface area contributed by atoms with Crippen LogP contribution in [0.1, 0.15) is 80.1 Å². The number of carbonyl (C=O) groups excluding carboxylic acids is 2. The summed E-state index contributed by atoms with van der Waals surface area (Å²) in [6.07, 6.45) is 3.95. The van der Waals surface area contributed by atoms with Crippen molar-refractivity contribution in [3.8, 4) is 34.1 Å². The van der Waals surface area contributed by atoms with Crippen LogP contribution in [-0.2, 0) is 9.47 Å². The Hall–Kier alpha value is -3.42. The van der Waals surface area contributed by atoms with Crippen LogP contribution in [0.3, 0.4) is 0 Å². The highest BCUT2D eigenvalue weighted by Gasteiger charge is 2.36. The Morgan fingerprint density at radius 3 is 1.86 bits per heavy atom. The molecule has 0 radical (unpaired) electrons. The number of fused-ring (bicyclic) bond motifs is 3. The monoisotopic (exact) mass is 594 g/mol. The molecule has 2 aliphatic carbocycles. The third-order valence-corrected chi connectivity index (χ3v) is 9.60. The molecule has 234 valence electrons. The third kappa shape index (κ3) is 7.22. The van der Waals surface area contributed by atoms with Gasteiger partial charge < -0.3 is 28.4 Å². The molecule has 0 bridgehead atoms. The zero-order valence-electron chi connectivity index (χ0n) is 26.3. The van der Waals surface area contributed by atoms with Crippen LogP contribution in [0.25, 0.3) is 11.1 Å². The van der Waals surface area contributed by atoms with Gasteiger partial charge in [0.2, 0.25) is 6.79 Å². The molecule has 8 nitrogen and oxygen atoms in total. The molecule has 0 unspecified atom stereocenters. The fourth-order valence-corrected chi connectivity index (χ4v) is 6.89. The summed E-state index contributed by atoms with van der Waals surface area (Å²) >= 11 is 0. The molecule has 0 amide bonds. The van der Waals surface area contributed by atoms with Gasteiger partial charge in [0.25, 0.3) is 0 Å². The van der Waals surface area contributed by atoms with Gasteiger partial charge in [0.05, 0.1) is 11.1 Å². The van der Waals surface area contributed by atoms with Crippen molar-refractivity contribution in [3.05, 3.63) is 36.4 Å². The van der Waals surface area contributed by atoms with Crippen LogP contribution in [0, 0.1) is 35.5 Å². The van der Waals surface area contributed by atoms with Crippen molar-refractivity contribution in [1.82, 2.24) is 0 Å². The fourth-order valence-electron chi connectivity index (χ4n) is 6.89. The second-order valence-corrected chi connectivity index (χ2v) is 13.3. The third-order valence-electron chi connectivity index (χ3n) is 9.60. The zero-order chi connectivity index (χ0) is 30.7. The number of hydrogen-bond donors (Lipinski definition) is 0. The quantitative estimate of drug-likeness (QED) is 0.242. The van der Waals surface area contributed by atoms with Crippen LogP contribution in [0.4, 0.5) is 9.59 Å². The summed E-state index contributed by atoms with van der Waals surface area (Å²) in [7, 11) is 0. The van der Waals surface area contributed by atoms with Gasteiger partial charge in [-0.25, -0.2) is 9.59 Å². The number of ether oxygens (including phenoxy) is 6. The van der Waals surface area contributed by atoms with E-state index in [1.54, 1.807) is 36.4 Å². The molecule has 2 aromatic carbocycles. The molecular weight excluding hydrogens is 548 g/mol. The SMILES string of the molecule is CC(C)[C@@H]1CC[C@@H](C)[C@@H](OC(=O)Oc2cccc3c2-c2c(cccc2OC(=O)O[C@@H]2C[C@H](C)CC[C@H]2C(C)C)OCO3)C1. The molecule has 2 fully saturated rings. The molecule has 8 heteroatoms. The summed E-state index contributed by atoms with van der Waals surface area (Å²) in [6, 6.07) is 10.3. The van der Waals surface area contributed by atoms with Gasteiger partial charge in [-0.3, -0.25) is 0 Å². The minimum absolute atomic E-state index is 0.0615. The lowest BCUT2D eigenvalue weighted by Gasteiger charge is -2.36. The van der Waals surface area contributed by atoms with Crippen LogP contribution < -0.4 is 18.9 Å². The van der Waals surface area contributed by atoms with Crippen molar-refractivity contribution in [2.75, 3.05) is 6.79 Å². The highest BCUT2D eigenvalue weighted by atomic mass is 16.7. The molecule has 6 atom stereocenters. The van der Waals surface area contributed by atoms with Crippen molar-refractivity contribution in [2.24, 2.45) is 35.5 Å². The molecule has 0 spiro atoms. The molecule has 5 rings (SSSR count). The van der Waals surface area contributed by atoms with Gasteiger partial charge in [0.1, 0.15) is 35.2 Å². The Balaban J connectivity index is 1.38. The fraction of sp³-hybridized carbons (Fsp3) is 0.600. The number of hydrogen-bond acceptors (Lipinski definition) is 8. The van der Waals surface area contributed by atoms with Crippen molar-refractivity contribution in [2.45, 2.75) is 92.3 Å². The summed E-state index contributed by atoms with van der Waals surface area (Å²) < 4.78 is 35.2. The minimum atomic E-state index is -0.773. The topological polar surface area (TPSA) is 89.5 Å². The Bertz CT molecular complexity index is 1290. The Kier molecular flexibility index (Phi) is 9.72. The van der Waals surface area contributed by atoms with Crippen molar-refractivity contribution in [1.29, 1.82) is 0 Å². The van der Waals surface area contributed by atoms with E-state index in [9.17, 15) is 9.59 Å². The summed E-state index contributed by atoms with van der Waals surface area (Å²) in [5.41, 5.74) is 0.886. The van der Waals surface area contributed by atoms with Gasteiger partial charge in [-0.1, -0.05) is 60.1 Å². The van der Waals surface area contributed by atoms with Gasteiger partial charge in [-0.05, 0) is 91.9 Å². The average molecular weight is 595 g/mol. The van der Waals surface area contributed by atoms with Gasteiger partial charge >= 0.3 is 12.3 Å². The average Bonchev–Trinajstić information content (AvgIpc) is 3.14. The van der Waals surface area contributed by atoms with Gasteiger partial charge in [-0.2, -0.15) is 0 Å². The van der Waals surface area contributed by atoms with Crippen LogP contribution >= 0.6 is 0 Å². The first-order valence-electron chi connectivity index (χ1n) is 15.9. The maximum Gasteiger partial charge on any atom is 0.514 e. The molecule has 43 heavy (non-hydrogen) atoms. The summed E-state index contributed by atoms with van der Waals surface area (Å²) in [5.74, 6) is 3.74.